The molecule has 2 amide bonds. The average Bonchev–Trinajstić information content (AvgIpc) is 2.79. The van der Waals surface area contributed by atoms with Gasteiger partial charge < -0.3 is 15.3 Å². The zero-order valence-corrected chi connectivity index (χ0v) is 11.3. The smallest absolute Gasteiger partial charge is 0.326 e. The average molecular weight is 269 g/mol. The van der Waals surface area contributed by atoms with E-state index in [0.29, 0.717) is 12.2 Å². The molecule has 1 heterocycles. The Morgan fingerprint density at radius 2 is 2.21 bits per heavy atom. The molecule has 0 bridgehead atoms. The molecule has 0 aliphatic rings. The molecule has 8 nitrogen and oxygen atoms in total. The Hall–Kier alpha value is -2.12. The van der Waals surface area contributed by atoms with E-state index in [1.165, 1.54) is 11.2 Å². The number of aromatic amines is 1. The fraction of sp³-hybridized carbons (Fsp3) is 0.636. The predicted molar refractivity (Wildman–Crippen MR) is 67.3 cm³/mol. The van der Waals surface area contributed by atoms with Crippen molar-refractivity contribution in [3.63, 3.8) is 0 Å². The molecular weight excluding hydrogens is 250 g/mol. The number of hydrogen-bond donors (Lipinski definition) is 3. The van der Waals surface area contributed by atoms with Gasteiger partial charge in [0, 0.05) is 7.05 Å². The summed E-state index contributed by atoms with van der Waals surface area (Å²) in [4.78, 5) is 28.1. The summed E-state index contributed by atoms with van der Waals surface area (Å²) in [5.41, 5.74) is 0. The molecule has 0 saturated heterocycles. The summed E-state index contributed by atoms with van der Waals surface area (Å²) in [7, 11) is 1.56. The first-order valence-electron chi connectivity index (χ1n) is 5.98. The summed E-state index contributed by atoms with van der Waals surface area (Å²) in [6, 6.07) is -1.34. The largest absolute Gasteiger partial charge is 0.480 e. The second-order valence-corrected chi connectivity index (χ2v) is 4.76. The number of carboxylic acid groups (broad SMARTS) is 1. The summed E-state index contributed by atoms with van der Waals surface area (Å²) < 4.78 is 0. The molecule has 1 rings (SSSR count). The number of urea groups is 1. The van der Waals surface area contributed by atoms with Crippen molar-refractivity contribution in [2.75, 3.05) is 7.05 Å². The van der Waals surface area contributed by atoms with Crippen LogP contribution in [0.3, 0.4) is 0 Å². The second-order valence-electron chi connectivity index (χ2n) is 4.76. The number of carbonyl (C=O) groups excluding carboxylic acids is 1. The van der Waals surface area contributed by atoms with Gasteiger partial charge in [0.1, 0.15) is 18.2 Å². The SMILES string of the molecule is CC(C)C[C@@H](NC(=O)N(C)Cc1ncn[nH]1)C(=O)O. The van der Waals surface area contributed by atoms with Gasteiger partial charge in [-0.25, -0.2) is 14.6 Å². The molecule has 1 atom stereocenters. The van der Waals surface area contributed by atoms with Crippen LogP contribution in [0, 0.1) is 5.92 Å². The number of H-pyrrole nitrogens is 1. The maximum atomic E-state index is 11.9. The molecule has 106 valence electrons. The fourth-order valence-corrected chi connectivity index (χ4v) is 1.56. The van der Waals surface area contributed by atoms with E-state index in [1.54, 1.807) is 7.05 Å². The molecule has 0 spiro atoms. The minimum absolute atomic E-state index is 0.181. The van der Waals surface area contributed by atoms with Gasteiger partial charge >= 0.3 is 12.0 Å². The minimum atomic E-state index is -1.03. The van der Waals surface area contributed by atoms with Gasteiger partial charge in [-0.1, -0.05) is 13.8 Å². The Morgan fingerprint density at radius 1 is 1.53 bits per heavy atom. The van der Waals surface area contributed by atoms with Crippen LogP contribution >= 0.6 is 0 Å². The van der Waals surface area contributed by atoms with Crippen molar-refractivity contribution in [2.24, 2.45) is 5.92 Å². The van der Waals surface area contributed by atoms with E-state index in [1.807, 2.05) is 13.8 Å². The number of aromatic nitrogens is 3. The van der Waals surface area contributed by atoms with Crippen LogP contribution in [0.2, 0.25) is 0 Å². The summed E-state index contributed by atoms with van der Waals surface area (Å²) in [6.07, 6.45) is 1.73. The molecule has 3 N–H and O–H groups in total. The standard InChI is InChI=1S/C11H19N5O3/c1-7(2)4-8(10(17)18)14-11(19)16(3)5-9-12-6-13-15-9/h6-8H,4-5H2,1-3H3,(H,14,19)(H,17,18)(H,12,13,15)/t8-/m1/s1. The highest BCUT2D eigenvalue weighted by Crippen LogP contribution is 2.06. The summed E-state index contributed by atoms with van der Waals surface area (Å²) >= 11 is 0. The van der Waals surface area contributed by atoms with Crippen molar-refractivity contribution >= 4 is 12.0 Å². The number of aliphatic carboxylic acids is 1. The molecule has 19 heavy (non-hydrogen) atoms. The molecule has 1 aromatic heterocycles. The van der Waals surface area contributed by atoms with E-state index in [-0.39, 0.29) is 12.5 Å². The van der Waals surface area contributed by atoms with Gasteiger partial charge in [-0.05, 0) is 12.3 Å². The third-order valence-electron chi connectivity index (χ3n) is 2.50. The number of amides is 2. The molecule has 0 aliphatic carbocycles. The molecule has 0 saturated carbocycles. The Bertz CT molecular complexity index is 418. The zero-order valence-electron chi connectivity index (χ0n) is 11.3. The first-order chi connectivity index (χ1) is 8.90. The van der Waals surface area contributed by atoms with Gasteiger partial charge in [-0.15, -0.1) is 0 Å². The van der Waals surface area contributed by atoms with Gasteiger partial charge in [0.05, 0.1) is 6.54 Å². The molecular formula is C11H19N5O3. The first-order valence-corrected chi connectivity index (χ1v) is 5.98. The predicted octanol–water partition coefficient (Wildman–Crippen LogP) is 0.445. The number of hydrogen-bond acceptors (Lipinski definition) is 4. The lowest BCUT2D eigenvalue weighted by Crippen LogP contribution is -2.47. The van der Waals surface area contributed by atoms with Crippen LogP contribution in [-0.2, 0) is 11.3 Å². The van der Waals surface area contributed by atoms with Crippen LogP contribution in [0.4, 0.5) is 4.79 Å². The van der Waals surface area contributed by atoms with Crippen LogP contribution in [0.25, 0.3) is 0 Å². The van der Waals surface area contributed by atoms with E-state index in [9.17, 15) is 9.59 Å². The maximum absolute atomic E-state index is 11.9. The van der Waals surface area contributed by atoms with Crippen LogP contribution in [0.5, 0.6) is 0 Å². The molecule has 0 aliphatic heterocycles. The number of rotatable bonds is 6. The minimum Gasteiger partial charge on any atom is -0.480 e. The lowest BCUT2D eigenvalue weighted by molar-refractivity contribution is -0.139. The Balaban J connectivity index is 2.53. The van der Waals surface area contributed by atoms with Crippen LogP contribution in [0.1, 0.15) is 26.1 Å². The number of carboxylic acids is 1. The van der Waals surface area contributed by atoms with E-state index < -0.39 is 18.0 Å². The van der Waals surface area contributed by atoms with Gasteiger partial charge in [0.15, 0.2) is 0 Å². The highest BCUT2D eigenvalue weighted by Gasteiger charge is 2.22. The van der Waals surface area contributed by atoms with Crippen LogP contribution in [-0.4, -0.2) is 50.3 Å². The van der Waals surface area contributed by atoms with Crippen molar-refractivity contribution in [1.29, 1.82) is 0 Å². The summed E-state index contributed by atoms with van der Waals surface area (Å²) in [5.74, 6) is -0.315. The molecule has 0 radical (unpaired) electrons. The summed E-state index contributed by atoms with van der Waals surface area (Å²) in [6.45, 7) is 4.04. The third-order valence-corrected chi connectivity index (χ3v) is 2.50. The van der Waals surface area contributed by atoms with E-state index in [4.69, 9.17) is 5.11 Å². The van der Waals surface area contributed by atoms with Crippen molar-refractivity contribution in [3.05, 3.63) is 12.2 Å². The lowest BCUT2D eigenvalue weighted by atomic mass is 10.0. The van der Waals surface area contributed by atoms with Crippen LogP contribution in [0.15, 0.2) is 6.33 Å². The number of nitrogens with zero attached hydrogens (tertiary/aromatic N) is 3. The molecule has 0 fully saturated rings. The molecule has 0 unspecified atom stereocenters. The van der Waals surface area contributed by atoms with Crippen molar-refractivity contribution in [3.8, 4) is 0 Å². The van der Waals surface area contributed by atoms with Gasteiger partial charge in [-0.2, -0.15) is 5.10 Å². The number of nitrogens with one attached hydrogen (secondary N) is 2. The van der Waals surface area contributed by atoms with Gasteiger partial charge in [-0.3, -0.25) is 5.10 Å². The molecule has 8 heteroatoms. The molecule has 0 aromatic carbocycles. The lowest BCUT2D eigenvalue weighted by Gasteiger charge is -2.21. The Kier molecular flexibility index (Phi) is 5.28. The fourth-order valence-electron chi connectivity index (χ4n) is 1.56. The third kappa shape index (κ3) is 4.94. The Labute approximate surface area is 111 Å². The van der Waals surface area contributed by atoms with E-state index in [2.05, 4.69) is 20.5 Å². The summed E-state index contributed by atoms with van der Waals surface area (Å²) in [5, 5.41) is 17.8. The van der Waals surface area contributed by atoms with Crippen LogP contribution < -0.4 is 5.32 Å². The van der Waals surface area contributed by atoms with Crippen molar-refractivity contribution in [2.45, 2.75) is 32.9 Å². The maximum Gasteiger partial charge on any atom is 0.326 e. The highest BCUT2D eigenvalue weighted by molar-refractivity contribution is 5.82. The van der Waals surface area contributed by atoms with Gasteiger partial charge in [0.2, 0.25) is 0 Å². The number of carbonyl (C=O) groups is 2. The van der Waals surface area contributed by atoms with Crippen molar-refractivity contribution < 1.29 is 14.7 Å². The highest BCUT2D eigenvalue weighted by atomic mass is 16.4. The monoisotopic (exact) mass is 269 g/mol. The zero-order chi connectivity index (χ0) is 14.4. The van der Waals surface area contributed by atoms with Gasteiger partial charge in [0.25, 0.3) is 0 Å². The topological polar surface area (TPSA) is 111 Å². The Morgan fingerprint density at radius 3 is 2.68 bits per heavy atom. The van der Waals surface area contributed by atoms with E-state index >= 15 is 0 Å². The first kappa shape index (κ1) is 14.9. The van der Waals surface area contributed by atoms with E-state index in [0.717, 1.165) is 0 Å². The quantitative estimate of drug-likeness (QED) is 0.694. The normalized spacial score (nSPS) is 12.2. The van der Waals surface area contributed by atoms with Crippen molar-refractivity contribution in [1.82, 2.24) is 25.4 Å². The second kappa shape index (κ2) is 6.72. The molecule has 1 aromatic rings.